The zero-order valence-corrected chi connectivity index (χ0v) is 18.8. The first-order chi connectivity index (χ1) is 16.2. The average molecular weight is 441 g/mol. The van der Waals surface area contributed by atoms with E-state index < -0.39 is 0 Å². The molecular weight excluding hydrogens is 412 g/mol. The van der Waals surface area contributed by atoms with E-state index in [1.54, 1.807) is 0 Å². The van der Waals surface area contributed by atoms with Crippen LogP contribution in [0.4, 0.5) is 11.8 Å². The minimum atomic E-state index is -0.126. The molecule has 2 bridgehead atoms. The molecule has 0 amide bonds. The Balaban J connectivity index is 1.37. The highest BCUT2D eigenvalue weighted by Crippen LogP contribution is 2.46. The second kappa shape index (κ2) is 8.06. The maximum Gasteiger partial charge on any atom is 0.226 e. The third kappa shape index (κ3) is 3.30. The molecule has 1 aromatic carbocycles. The van der Waals surface area contributed by atoms with Gasteiger partial charge in [0, 0.05) is 23.7 Å². The first-order valence-corrected chi connectivity index (χ1v) is 11.9. The Bertz CT molecular complexity index is 1300. The van der Waals surface area contributed by atoms with Crippen molar-refractivity contribution in [2.75, 3.05) is 17.2 Å². The van der Waals surface area contributed by atoms with Gasteiger partial charge in [-0.15, -0.1) is 0 Å². The smallest absolute Gasteiger partial charge is 0.226 e. The van der Waals surface area contributed by atoms with Crippen LogP contribution < -0.4 is 10.6 Å². The number of aliphatic hydroxyl groups excluding tert-OH is 1. The van der Waals surface area contributed by atoms with Gasteiger partial charge in [-0.05, 0) is 30.4 Å². The molecule has 33 heavy (non-hydrogen) atoms. The Kier molecular flexibility index (Phi) is 4.89. The van der Waals surface area contributed by atoms with E-state index in [9.17, 15) is 5.11 Å². The number of imidazole rings is 1. The molecule has 3 aliphatic carbocycles. The van der Waals surface area contributed by atoms with Gasteiger partial charge in [-0.3, -0.25) is 0 Å². The van der Waals surface area contributed by atoms with Crippen LogP contribution in [0.5, 0.6) is 0 Å². The second-order valence-corrected chi connectivity index (χ2v) is 8.99. The van der Waals surface area contributed by atoms with Gasteiger partial charge in [0.05, 0.1) is 12.4 Å². The molecule has 2 aromatic heterocycles. The third-order valence-electron chi connectivity index (χ3n) is 6.89. The molecule has 0 saturated heterocycles. The number of nitrogens with zero attached hydrogens (tertiary/aromatic N) is 4. The Morgan fingerprint density at radius 1 is 1.09 bits per heavy atom. The summed E-state index contributed by atoms with van der Waals surface area (Å²) >= 11 is 0. The maximum atomic E-state index is 10.7. The summed E-state index contributed by atoms with van der Waals surface area (Å²) in [6.45, 7) is 2.94. The van der Waals surface area contributed by atoms with Gasteiger partial charge in [0.15, 0.2) is 17.0 Å². The molecule has 3 aliphatic rings. The summed E-state index contributed by atoms with van der Waals surface area (Å²) in [6, 6.07) is 10.5. The highest BCUT2D eigenvalue weighted by Gasteiger charge is 2.40. The molecule has 1 unspecified atom stereocenters. The van der Waals surface area contributed by atoms with Crippen molar-refractivity contribution < 1.29 is 5.11 Å². The van der Waals surface area contributed by atoms with Crippen LogP contribution in [0.1, 0.15) is 50.6 Å². The quantitative estimate of drug-likeness (QED) is 0.456. The van der Waals surface area contributed by atoms with Crippen molar-refractivity contribution in [1.29, 1.82) is 0 Å². The number of benzene rings is 1. The van der Waals surface area contributed by atoms with Crippen LogP contribution in [0, 0.1) is 0 Å². The number of allylic oxidation sites excluding steroid dienone is 2. The predicted molar refractivity (Wildman–Crippen MR) is 131 cm³/mol. The molecular formula is C26H28N6O. The Morgan fingerprint density at radius 2 is 1.91 bits per heavy atom. The highest BCUT2D eigenvalue weighted by atomic mass is 16.3. The predicted octanol–water partition coefficient (Wildman–Crippen LogP) is 5.39. The number of aliphatic hydroxyl groups is 1. The Labute approximate surface area is 193 Å². The topological polar surface area (TPSA) is 87.9 Å². The van der Waals surface area contributed by atoms with Crippen molar-refractivity contribution in [3.8, 4) is 0 Å². The van der Waals surface area contributed by atoms with Crippen LogP contribution in [0.25, 0.3) is 16.7 Å². The monoisotopic (exact) mass is 440 g/mol. The summed E-state index contributed by atoms with van der Waals surface area (Å²) in [5.41, 5.74) is 5.56. The average Bonchev–Trinajstić information content (AvgIpc) is 3.53. The van der Waals surface area contributed by atoms with Crippen molar-refractivity contribution in [2.45, 2.75) is 51.1 Å². The zero-order valence-electron chi connectivity index (χ0n) is 18.8. The lowest BCUT2D eigenvalue weighted by molar-refractivity contribution is 0.391. The first-order valence-electron chi connectivity index (χ1n) is 11.9. The van der Waals surface area contributed by atoms with Gasteiger partial charge in [-0.1, -0.05) is 62.2 Å². The molecule has 6 rings (SSSR count). The molecule has 2 heterocycles. The molecule has 7 nitrogen and oxygen atoms in total. The summed E-state index contributed by atoms with van der Waals surface area (Å²) in [5, 5.41) is 17.6. The number of aromatic nitrogens is 4. The fourth-order valence-electron chi connectivity index (χ4n) is 5.17. The normalized spacial score (nSPS) is 20.0. The molecule has 1 saturated carbocycles. The van der Waals surface area contributed by atoms with E-state index in [1.807, 2.05) is 30.6 Å². The fraction of sp³-hybridized carbons (Fsp3) is 0.346. The number of fused-ring (bicyclic) bond motifs is 3. The van der Waals surface area contributed by atoms with Crippen LogP contribution in [0.3, 0.4) is 0 Å². The SMILES string of the molecule is CCCNc1nc(NC2c3ccc(-c4ccccc4)c2c3O)c2ncn(C3CCCC3)c2n1. The van der Waals surface area contributed by atoms with Gasteiger partial charge >= 0.3 is 0 Å². The molecule has 3 aromatic rings. The van der Waals surface area contributed by atoms with Crippen LogP contribution in [0.2, 0.25) is 0 Å². The summed E-state index contributed by atoms with van der Waals surface area (Å²) in [4.78, 5) is 14.3. The van der Waals surface area contributed by atoms with E-state index in [2.05, 4.69) is 40.3 Å². The molecule has 0 spiro atoms. The van der Waals surface area contributed by atoms with E-state index in [4.69, 9.17) is 15.0 Å². The van der Waals surface area contributed by atoms with Gasteiger partial charge in [0.2, 0.25) is 5.95 Å². The van der Waals surface area contributed by atoms with Gasteiger partial charge < -0.3 is 20.3 Å². The first kappa shape index (κ1) is 20.0. The lowest BCUT2D eigenvalue weighted by Crippen LogP contribution is -2.37. The van der Waals surface area contributed by atoms with Crippen molar-refractivity contribution in [2.24, 2.45) is 0 Å². The van der Waals surface area contributed by atoms with Gasteiger partial charge in [-0.25, -0.2) is 4.98 Å². The van der Waals surface area contributed by atoms with E-state index in [0.29, 0.717) is 23.6 Å². The summed E-state index contributed by atoms with van der Waals surface area (Å²) < 4.78 is 2.22. The third-order valence-corrected chi connectivity index (χ3v) is 6.89. The van der Waals surface area contributed by atoms with Crippen molar-refractivity contribution >= 4 is 28.5 Å². The number of rotatable bonds is 7. The maximum absolute atomic E-state index is 10.7. The van der Waals surface area contributed by atoms with Crippen LogP contribution in [-0.2, 0) is 0 Å². The van der Waals surface area contributed by atoms with Crippen molar-refractivity contribution in [3.63, 3.8) is 0 Å². The number of anilines is 2. The van der Waals surface area contributed by atoms with E-state index in [-0.39, 0.29) is 6.04 Å². The molecule has 7 heteroatoms. The van der Waals surface area contributed by atoms with E-state index in [0.717, 1.165) is 59.3 Å². The fourth-order valence-corrected chi connectivity index (χ4v) is 5.17. The minimum Gasteiger partial charge on any atom is -0.507 e. The zero-order chi connectivity index (χ0) is 22.4. The standard InChI is InChI=1S/C26H28N6O/c1-2-14-27-26-30-24(22-25(31-26)32(15-28-22)17-10-6-7-11-17)29-21-19-13-12-18(20(21)23(19)33)16-8-4-3-5-9-16/h3-5,8-9,12-13,15,17,21,33H,2,6-7,10-11,14H2,1H3,(H2,27,29,30,31). The molecule has 1 atom stereocenters. The molecule has 1 fully saturated rings. The number of hydrogen-bond donors (Lipinski definition) is 3. The largest absolute Gasteiger partial charge is 0.507 e. The minimum absolute atomic E-state index is 0.126. The lowest BCUT2D eigenvalue weighted by atomic mass is 9.73. The van der Waals surface area contributed by atoms with Crippen LogP contribution in [-0.4, -0.2) is 37.2 Å². The van der Waals surface area contributed by atoms with Gasteiger partial charge in [-0.2, -0.15) is 9.97 Å². The van der Waals surface area contributed by atoms with Gasteiger partial charge in [0.1, 0.15) is 5.76 Å². The van der Waals surface area contributed by atoms with Crippen molar-refractivity contribution in [3.05, 3.63) is 71.3 Å². The summed E-state index contributed by atoms with van der Waals surface area (Å²) in [7, 11) is 0. The lowest BCUT2D eigenvalue weighted by Gasteiger charge is -2.38. The summed E-state index contributed by atoms with van der Waals surface area (Å²) in [5.74, 6) is 1.67. The van der Waals surface area contributed by atoms with E-state index in [1.165, 1.54) is 12.8 Å². The van der Waals surface area contributed by atoms with Gasteiger partial charge in [0.25, 0.3) is 0 Å². The van der Waals surface area contributed by atoms with Crippen molar-refractivity contribution in [1.82, 2.24) is 19.5 Å². The second-order valence-electron chi connectivity index (χ2n) is 8.99. The number of hydrogen-bond acceptors (Lipinski definition) is 6. The molecule has 0 radical (unpaired) electrons. The Morgan fingerprint density at radius 3 is 2.67 bits per heavy atom. The summed E-state index contributed by atoms with van der Waals surface area (Å²) in [6.07, 6.45) is 11.8. The van der Waals surface area contributed by atoms with E-state index >= 15 is 0 Å². The number of nitrogens with one attached hydrogen (secondary N) is 2. The molecule has 3 N–H and O–H groups in total. The van der Waals surface area contributed by atoms with Crippen LogP contribution in [0.15, 0.2) is 65.7 Å². The molecule has 168 valence electrons. The van der Waals surface area contributed by atoms with Crippen LogP contribution >= 0.6 is 0 Å². The molecule has 0 aliphatic heterocycles. The highest BCUT2D eigenvalue weighted by molar-refractivity contribution is 5.93. The Hall–Kier alpha value is -3.61.